The number of benzene rings is 1. The SMILES string of the molecule is CCCCCCCOc1cccc(CNCC(C)O)c1. The molecule has 114 valence electrons. The van der Waals surface area contributed by atoms with Gasteiger partial charge in [-0.1, -0.05) is 44.7 Å². The van der Waals surface area contributed by atoms with Gasteiger partial charge in [0.2, 0.25) is 0 Å². The summed E-state index contributed by atoms with van der Waals surface area (Å²) in [6.45, 7) is 6.19. The summed E-state index contributed by atoms with van der Waals surface area (Å²) in [4.78, 5) is 0. The summed E-state index contributed by atoms with van der Waals surface area (Å²) >= 11 is 0. The maximum atomic E-state index is 9.20. The third-order valence-electron chi connectivity index (χ3n) is 3.18. The molecule has 3 heteroatoms. The van der Waals surface area contributed by atoms with Crippen LogP contribution in [0.25, 0.3) is 0 Å². The maximum absolute atomic E-state index is 9.20. The van der Waals surface area contributed by atoms with E-state index in [0.29, 0.717) is 6.54 Å². The Hall–Kier alpha value is -1.06. The molecule has 0 fully saturated rings. The van der Waals surface area contributed by atoms with E-state index < -0.39 is 0 Å². The lowest BCUT2D eigenvalue weighted by Gasteiger charge is -2.10. The molecule has 20 heavy (non-hydrogen) atoms. The zero-order valence-corrected chi connectivity index (χ0v) is 12.9. The van der Waals surface area contributed by atoms with Crippen LogP contribution in [0.3, 0.4) is 0 Å². The molecule has 0 saturated carbocycles. The average Bonchev–Trinajstić information content (AvgIpc) is 2.43. The van der Waals surface area contributed by atoms with Crippen LogP contribution in [0.15, 0.2) is 24.3 Å². The predicted octanol–water partition coefficient (Wildman–Crippen LogP) is 3.51. The van der Waals surface area contributed by atoms with Crippen LogP contribution in [-0.4, -0.2) is 24.4 Å². The molecule has 0 aliphatic heterocycles. The average molecular weight is 279 g/mol. The monoisotopic (exact) mass is 279 g/mol. The molecule has 0 amide bonds. The summed E-state index contributed by atoms with van der Waals surface area (Å²) in [5.74, 6) is 0.942. The van der Waals surface area contributed by atoms with Crippen molar-refractivity contribution in [1.29, 1.82) is 0 Å². The molecule has 0 aliphatic rings. The van der Waals surface area contributed by atoms with E-state index in [-0.39, 0.29) is 6.10 Å². The number of rotatable bonds is 11. The van der Waals surface area contributed by atoms with Crippen LogP contribution in [0.2, 0.25) is 0 Å². The van der Waals surface area contributed by atoms with Crippen LogP contribution >= 0.6 is 0 Å². The number of aliphatic hydroxyl groups excluding tert-OH is 1. The molecule has 2 N–H and O–H groups in total. The smallest absolute Gasteiger partial charge is 0.119 e. The molecule has 0 heterocycles. The molecule has 1 aromatic carbocycles. The molecule has 1 aromatic rings. The third-order valence-corrected chi connectivity index (χ3v) is 3.18. The Balaban J connectivity index is 2.22. The van der Waals surface area contributed by atoms with Gasteiger partial charge in [-0.3, -0.25) is 0 Å². The molecule has 1 unspecified atom stereocenters. The minimum Gasteiger partial charge on any atom is -0.494 e. The van der Waals surface area contributed by atoms with Gasteiger partial charge in [-0.25, -0.2) is 0 Å². The van der Waals surface area contributed by atoms with Crippen molar-refractivity contribution in [3.05, 3.63) is 29.8 Å². The van der Waals surface area contributed by atoms with Crippen LogP contribution < -0.4 is 10.1 Å². The molecule has 1 rings (SSSR count). The Labute approximate surface area is 123 Å². The summed E-state index contributed by atoms with van der Waals surface area (Å²) < 4.78 is 5.78. The highest BCUT2D eigenvalue weighted by Crippen LogP contribution is 2.14. The Bertz CT molecular complexity index is 353. The number of nitrogens with one attached hydrogen (secondary N) is 1. The molecule has 0 aliphatic carbocycles. The van der Waals surface area contributed by atoms with E-state index in [0.717, 1.165) is 25.3 Å². The first-order valence-electron chi connectivity index (χ1n) is 7.83. The number of ether oxygens (including phenoxy) is 1. The number of unbranched alkanes of at least 4 members (excludes halogenated alkanes) is 4. The Morgan fingerprint density at radius 2 is 2.00 bits per heavy atom. The predicted molar refractivity (Wildman–Crippen MR) is 84.1 cm³/mol. The zero-order valence-electron chi connectivity index (χ0n) is 12.9. The van der Waals surface area contributed by atoms with E-state index in [1.54, 1.807) is 6.92 Å². The van der Waals surface area contributed by atoms with Gasteiger partial charge in [0, 0.05) is 13.1 Å². The highest BCUT2D eigenvalue weighted by molar-refractivity contribution is 5.28. The van der Waals surface area contributed by atoms with Crippen molar-refractivity contribution in [2.24, 2.45) is 0 Å². The van der Waals surface area contributed by atoms with Crippen LogP contribution in [-0.2, 0) is 6.54 Å². The molecule has 0 aromatic heterocycles. The molecule has 3 nitrogen and oxygen atoms in total. The molecular formula is C17H29NO2. The second kappa shape index (κ2) is 10.7. The minimum atomic E-state index is -0.308. The number of hydrogen-bond donors (Lipinski definition) is 2. The van der Waals surface area contributed by atoms with Crippen LogP contribution in [0, 0.1) is 0 Å². The summed E-state index contributed by atoms with van der Waals surface area (Å²) in [6.07, 6.45) is 5.99. The number of aliphatic hydroxyl groups is 1. The summed E-state index contributed by atoms with van der Waals surface area (Å²) in [7, 11) is 0. The second-order valence-electron chi connectivity index (χ2n) is 5.39. The fourth-order valence-electron chi connectivity index (χ4n) is 2.07. The fourth-order valence-corrected chi connectivity index (χ4v) is 2.07. The molecule has 0 saturated heterocycles. The fraction of sp³-hybridized carbons (Fsp3) is 0.647. The Morgan fingerprint density at radius 3 is 2.75 bits per heavy atom. The summed E-state index contributed by atoms with van der Waals surface area (Å²) in [5, 5.41) is 12.4. The van der Waals surface area contributed by atoms with Gasteiger partial charge >= 0.3 is 0 Å². The maximum Gasteiger partial charge on any atom is 0.119 e. The van der Waals surface area contributed by atoms with Crippen LogP contribution in [0.1, 0.15) is 51.5 Å². The van der Waals surface area contributed by atoms with Gasteiger partial charge in [0.15, 0.2) is 0 Å². The summed E-state index contributed by atoms with van der Waals surface area (Å²) in [6, 6.07) is 8.17. The first-order valence-corrected chi connectivity index (χ1v) is 7.83. The molecule has 0 spiro atoms. The normalized spacial score (nSPS) is 12.3. The second-order valence-corrected chi connectivity index (χ2v) is 5.39. The van der Waals surface area contributed by atoms with Gasteiger partial charge < -0.3 is 15.2 Å². The van der Waals surface area contributed by atoms with Crippen LogP contribution in [0.5, 0.6) is 5.75 Å². The van der Waals surface area contributed by atoms with Gasteiger partial charge in [0.05, 0.1) is 12.7 Å². The topological polar surface area (TPSA) is 41.5 Å². The Morgan fingerprint density at radius 1 is 1.20 bits per heavy atom. The van der Waals surface area contributed by atoms with Crippen molar-refractivity contribution in [3.8, 4) is 5.75 Å². The van der Waals surface area contributed by atoms with Gasteiger partial charge in [0.1, 0.15) is 5.75 Å². The van der Waals surface area contributed by atoms with E-state index in [1.165, 1.54) is 31.2 Å². The van der Waals surface area contributed by atoms with E-state index in [4.69, 9.17) is 4.74 Å². The first kappa shape index (κ1) is 17.0. The van der Waals surface area contributed by atoms with Gasteiger partial charge in [0.25, 0.3) is 0 Å². The molecule has 0 radical (unpaired) electrons. The minimum absolute atomic E-state index is 0.308. The number of hydrogen-bond acceptors (Lipinski definition) is 3. The summed E-state index contributed by atoms with van der Waals surface area (Å²) in [5.41, 5.74) is 1.19. The lowest BCUT2D eigenvalue weighted by molar-refractivity contribution is 0.191. The van der Waals surface area contributed by atoms with E-state index in [2.05, 4.69) is 24.4 Å². The standard InChI is InChI=1S/C17H29NO2/c1-3-4-5-6-7-11-20-17-10-8-9-16(12-17)14-18-13-15(2)19/h8-10,12,15,18-19H,3-7,11,13-14H2,1-2H3. The van der Waals surface area contributed by atoms with Crippen molar-refractivity contribution in [1.82, 2.24) is 5.32 Å². The first-order chi connectivity index (χ1) is 9.72. The Kier molecular flexibility index (Phi) is 9.09. The van der Waals surface area contributed by atoms with Crippen molar-refractivity contribution in [3.63, 3.8) is 0 Å². The van der Waals surface area contributed by atoms with Crippen molar-refractivity contribution in [2.75, 3.05) is 13.2 Å². The molecule has 0 bridgehead atoms. The van der Waals surface area contributed by atoms with Crippen molar-refractivity contribution < 1.29 is 9.84 Å². The lowest BCUT2D eigenvalue weighted by atomic mass is 10.2. The van der Waals surface area contributed by atoms with Gasteiger partial charge in [-0.2, -0.15) is 0 Å². The largest absolute Gasteiger partial charge is 0.494 e. The molecule has 1 atom stereocenters. The highest BCUT2D eigenvalue weighted by atomic mass is 16.5. The van der Waals surface area contributed by atoms with E-state index in [9.17, 15) is 5.11 Å². The lowest BCUT2D eigenvalue weighted by Crippen LogP contribution is -2.23. The molecular weight excluding hydrogens is 250 g/mol. The van der Waals surface area contributed by atoms with Crippen LogP contribution in [0.4, 0.5) is 0 Å². The zero-order chi connectivity index (χ0) is 14.6. The van der Waals surface area contributed by atoms with E-state index in [1.807, 2.05) is 12.1 Å². The van der Waals surface area contributed by atoms with Crippen molar-refractivity contribution in [2.45, 2.75) is 58.6 Å². The highest BCUT2D eigenvalue weighted by Gasteiger charge is 1.99. The van der Waals surface area contributed by atoms with Gasteiger partial charge in [-0.05, 0) is 31.0 Å². The van der Waals surface area contributed by atoms with E-state index >= 15 is 0 Å². The van der Waals surface area contributed by atoms with Crippen molar-refractivity contribution >= 4 is 0 Å². The van der Waals surface area contributed by atoms with Gasteiger partial charge in [-0.15, -0.1) is 0 Å². The quantitative estimate of drug-likeness (QED) is 0.609. The third kappa shape index (κ3) is 8.18.